The van der Waals surface area contributed by atoms with E-state index in [2.05, 4.69) is 11.6 Å². The Hall–Kier alpha value is -1.32. The zero-order valence-corrected chi connectivity index (χ0v) is 9.79. The second-order valence-electron chi connectivity index (χ2n) is 3.27. The Morgan fingerprint density at radius 3 is 2.88 bits per heavy atom. The number of benzene rings is 1. The fraction of sp³-hybridized carbons (Fsp3) is 0.0909. The first-order chi connectivity index (χ1) is 7.63. The zero-order valence-electron chi connectivity index (χ0n) is 8.28. The van der Waals surface area contributed by atoms with Crippen molar-refractivity contribution in [2.24, 2.45) is 0 Å². The molecule has 2 aromatic rings. The fourth-order valence-corrected chi connectivity index (χ4v) is 2.01. The molecule has 0 bridgehead atoms. The summed E-state index contributed by atoms with van der Waals surface area (Å²) >= 11 is 11.8. The first-order valence-corrected chi connectivity index (χ1v) is 5.34. The topological polar surface area (TPSA) is 34.9 Å². The number of hydrogen-bond donors (Lipinski definition) is 0. The van der Waals surface area contributed by atoms with Gasteiger partial charge in [0.05, 0.1) is 22.3 Å². The molecule has 82 valence electrons. The van der Waals surface area contributed by atoms with Gasteiger partial charge in [0.2, 0.25) is 0 Å². The summed E-state index contributed by atoms with van der Waals surface area (Å²) in [5.41, 5.74) is 0.297. The highest BCUT2D eigenvalue weighted by Crippen LogP contribution is 2.23. The molecule has 0 aliphatic carbocycles. The van der Waals surface area contributed by atoms with Gasteiger partial charge < -0.3 is 0 Å². The van der Waals surface area contributed by atoms with Gasteiger partial charge in [-0.2, -0.15) is 0 Å². The minimum atomic E-state index is -0.172. The monoisotopic (exact) mass is 254 g/mol. The van der Waals surface area contributed by atoms with Gasteiger partial charge in [-0.3, -0.25) is 9.36 Å². The number of aromatic nitrogens is 2. The lowest BCUT2D eigenvalue weighted by Crippen LogP contribution is -2.19. The van der Waals surface area contributed by atoms with E-state index in [9.17, 15) is 4.79 Å². The number of nitrogens with zero attached hydrogens (tertiary/aromatic N) is 2. The standard InChI is InChI=1S/C11H8Cl2N2O/c1-2-3-15-6-14-10-8(11(15)16)4-7(12)5-9(10)13/h2,4-6H,1,3H2. The molecule has 1 aromatic heterocycles. The molecule has 0 radical (unpaired) electrons. The fourth-order valence-electron chi connectivity index (χ4n) is 1.46. The maximum absolute atomic E-state index is 12.0. The molecule has 0 fully saturated rings. The van der Waals surface area contributed by atoms with Gasteiger partial charge >= 0.3 is 0 Å². The highest BCUT2D eigenvalue weighted by Gasteiger charge is 2.07. The van der Waals surface area contributed by atoms with E-state index in [0.29, 0.717) is 27.5 Å². The van der Waals surface area contributed by atoms with Gasteiger partial charge in [-0.05, 0) is 12.1 Å². The van der Waals surface area contributed by atoms with Crippen LogP contribution in [0.3, 0.4) is 0 Å². The van der Waals surface area contributed by atoms with E-state index in [1.54, 1.807) is 18.2 Å². The third-order valence-electron chi connectivity index (χ3n) is 2.17. The average molecular weight is 255 g/mol. The Kier molecular flexibility index (Phi) is 2.99. The van der Waals surface area contributed by atoms with Crippen molar-refractivity contribution in [1.82, 2.24) is 9.55 Å². The van der Waals surface area contributed by atoms with E-state index in [1.807, 2.05) is 0 Å². The molecule has 0 atom stereocenters. The molecule has 5 heteroatoms. The highest BCUT2D eigenvalue weighted by atomic mass is 35.5. The van der Waals surface area contributed by atoms with Gasteiger partial charge in [-0.1, -0.05) is 29.3 Å². The van der Waals surface area contributed by atoms with Gasteiger partial charge in [0, 0.05) is 11.6 Å². The Labute approximate surface area is 102 Å². The smallest absolute Gasteiger partial charge is 0.261 e. The summed E-state index contributed by atoms with van der Waals surface area (Å²) in [4.78, 5) is 16.1. The number of rotatable bonds is 2. The van der Waals surface area contributed by atoms with Gasteiger partial charge in [-0.25, -0.2) is 4.98 Å². The molecule has 3 nitrogen and oxygen atoms in total. The van der Waals surface area contributed by atoms with Crippen LogP contribution in [0.1, 0.15) is 0 Å². The van der Waals surface area contributed by atoms with Crippen molar-refractivity contribution >= 4 is 34.1 Å². The summed E-state index contributed by atoms with van der Waals surface area (Å²) in [7, 11) is 0. The highest BCUT2D eigenvalue weighted by molar-refractivity contribution is 6.38. The molecule has 0 amide bonds. The van der Waals surface area contributed by atoms with E-state index in [0.717, 1.165) is 0 Å². The minimum Gasteiger partial charge on any atom is -0.295 e. The van der Waals surface area contributed by atoms with E-state index >= 15 is 0 Å². The summed E-state index contributed by atoms with van der Waals surface area (Å²) in [6.07, 6.45) is 3.08. The third kappa shape index (κ3) is 1.84. The van der Waals surface area contributed by atoms with Crippen molar-refractivity contribution in [3.8, 4) is 0 Å². The Morgan fingerprint density at radius 1 is 1.44 bits per heavy atom. The molecule has 0 saturated carbocycles. The first-order valence-electron chi connectivity index (χ1n) is 4.58. The zero-order chi connectivity index (χ0) is 11.7. The van der Waals surface area contributed by atoms with E-state index in [1.165, 1.54) is 10.9 Å². The molecular weight excluding hydrogens is 247 g/mol. The van der Waals surface area contributed by atoms with Gasteiger partial charge in [0.15, 0.2) is 0 Å². The molecule has 2 rings (SSSR count). The van der Waals surface area contributed by atoms with Crippen molar-refractivity contribution < 1.29 is 0 Å². The molecule has 0 aliphatic heterocycles. The number of halogens is 2. The molecule has 16 heavy (non-hydrogen) atoms. The van der Waals surface area contributed by atoms with Gasteiger partial charge in [-0.15, -0.1) is 6.58 Å². The molecule has 1 aromatic carbocycles. The maximum Gasteiger partial charge on any atom is 0.261 e. The van der Waals surface area contributed by atoms with Crippen LogP contribution in [0.15, 0.2) is 35.9 Å². The van der Waals surface area contributed by atoms with Crippen LogP contribution in [0.2, 0.25) is 10.0 Å². The molecular formula is C11H8Cl2N2O. The quantitative estimate of drug-likeness (QED) is 0.773. The van der Waals surface area contributed by atoms with Crippen molar-refractivity contribution in [3.05, 3.63) is 51.5 Å². The largest absolute Gasteiger partial charge is 0.295 e. The Balaban J connectivity index is 2.83. The van der Waals surface area contributed by atoms with Crippen molar-refractivity contribution in [2.75, 3.05) is 0 Å². The summed E-state index contributed by atoms with van der Waals surface area (Å²) in [5, 5.41) is 1.22. The van der Waals surface area contributed by atoms with Crippen LogP contribution < -0.4 is 5.56 Å². The lowest BCUT2D eigenvalue weighted by atomic mass is 10.2. The van der Waals surface area contributed by atoms with Crippen LogP contribution in [-0.4, -0.2) is 9.55 Å². The number of fused-ring (bicyclic) bond motifs is 1. The average Bonchev–Trinajstić information content (AvgIpc) is 2.23. The Morgan fingerprint density at radius 2 is 2.19 bits per heavy atom. The Bertz CT molecular complexity index is 619. The second kappa shape index (κ2) is 4.28. The van der Waals surface area contributed by atoms with Crippen LogP contribution in [0.5, 0.6) is 0 Å². The third-order valence-corrected chi connectivity index (χ3v) is 2.68. The summed E-state index contributed by atoms with van der Waals surface area (Å²) in [6, 6.07) is 3.13. The van der Waals surface area contributed by atoms with Crippen molar-refractivity contribution in [3.63, 3.8) is 0 Å². The van der Waals surface area contributed by atoms with Crippen LogP contribution in [0.25, 0.3) is 10.9 Å². The maximum atomic E-state index is 12.0. The molecule has 0 unspecified atom stereocenters. The second-order valence-corrected chi connectivity index (χ2v) is 4.12. The van der Waals surface area contributed by atoms with Crippen LogP contribution in [0.4, 0.5) is 0 Å². The van der Waals surface area contributed by atoms with E-state index < -0.39 is 0 Å². The summed E-state index contributed by atoms with van der Waals surface area (Å²) < 4.78 is 1.45. The summed E-state index contributed by atoms with van der Waals surface area (Å²) in [5.74, 6) is 0. The SMILES string of the molecule is C=CCn1cnc2c(Cl)cc(Cl)cc2c1=O. The van der Waals surface area contributed by atoms with Crippen molar-refractivity contribution in [2.45, 2.75) is 6.54 Å². The number of allylic oxidation sites excluding steroid dienone is 1. The van der Waals surface area contributed by atoms with E-state index in [4.69, 9.17) is 23.2 Å². The number of hydrogen-bond acceptors (Lipinski definition) is 2. The molecule has 0 spiro atoms. The molecule has 0 aliphatic rings. The summed E-state index contributed by atoms with van der Waals surface area (Å²) in [6.45, 7) is 3.98. The van der Waals surface area contributed by atoms with Crippen LogP contribution in [-0.2, 0) is 6.54 Å². The van der Waals surface area contributed by atoms with Crippen LogP contribution in [0, 0.1) is 0 Å². The lowest BCUT2D eigenvalue weighted by Gasteiger charge is -2.04. The predicted molar refractivity (Wildman–Crippen MR) is 66.2 cm³/mol. The normalized spacial score (nSPS) is 10.6. The molecule has 1 heterocycles. The van der Waals surface area contributed by atoms with Gasteiger partial charge in [0.1, 0.15) is 0 Å². The van der Waals surface area contributed by atoms with Crippen molar-refractivity contribution in [1.29, 1.82) is 0 Å². The predicted octanol–water partition coefficient (Wildman–Crippen LogP) is 2.89. The molecule has 0 N–H and O–H groups in total. The van der Waals surface area contributed by atoms with E-state index in [-0.39, 0.29) is 5.56 Å². The van der Waals surface area contributed by atoms with Crippen LogP contribution >= 0.6 is 23.2 Å². The van der Waals surface area contributed by atoms with Gasteiger partial charge in [0.25, 0.3) is 5.56 Å². The lowest BCUT2D eigenvalue weighted by molar-refractivity contribution is 0.768. The minimum absolute atomic E-state index is 0.172. The molecule has 0 saturated heterocycles. The first kappa shape index (κ1) is 11.2.